The quantitative estimate of drug-likeness (QED) is 0.573. The van der Waals surface area contributed by atoms with Gasteiger partial charge in [-0.3, -0.25) is 0 Å². The smallest absolute Gasteiger partial charge is 0.490 e. The lowest BCUT2D eigenvalue weighted by atomic mass is 10.1. The van der Waals surface area contributed by atoms with Gasteiger partial charge in [0, 0.05) is 16.8 Å². The van der Waals surface area contributed by atoms with E-state index in [1.165, 1.54) is 0 Å². The summed E-state index contributed by atoms with van der Waals surface area (Å²) >= 11 is 0. The van der Waals surface area contributed by atoms with Crippen LogP contribution in [0.25, 0.3) is 10.8 Å². The Hall–Kier alpha value is -2.43. The Balaban J connectivity index is 2.49. The fourth-order valence-electron chi connectivity index (χ4n) is 2.29. The third-order valence-corrected chi connectivity index (χ3v) is 3.09. The van der Waals surface area contributed by atoms with Gasteiger partial charge in [0.15, 0.2) is 11.5 Å². The van der Waals surface area contributed by atoms with Gasteiger partial charge in [0.25, 0.3) is 0 Å². The fourth-order valence-corrected chi connectivity index (χ4v) is 2.29. The Kier molecular flexibility index (Phi) is 5.54. The molecular weight excluding hydrogens is 308 g/mol. The van der Waals surface area contributed by atoms with Gasteiger partial charge in [-0.2, -0.15) is 0 Å². The van der Waals surface area contributed by atoms with E-state index in [0.29, 0.717) is 30.5 Å². The van der Waals surface area contributed by atoms with E-state index in [-0.39, 0.29) is 0 Å². The van der Waals surface area contributed by atoms with Crippen LogP contribution >= 0.6 is 0 Å². The molecule has 24 heavy (non-hydrogen) atoms. The van der Waals surface area contributed by atoms with Crippen LogP contribution in [0.3, 0.4) is 0 Å². The molecule has 0 unspecified atom stereocenters. The van der Waals surface area contributed by atoms with Crippen molar-refractivity contribution in [3.8, 4) is 17.2 Å². The zero-order valence-corrected chi connectivity index (χ0v) is 14.8. The maximum Gasteiger partial charge on any atom is 0.514 e. The van der Waals surface area contributed by atoms with Crippen LogP contribution in [0.15, 0.2) is 30.3 Å². The van der Waals surface area contributed by atoms with Crippen molar-refractivity contribution in [1.82, 2.24) is 0 Å². The van der Waals surface area contributed by atoms with Gasteiger partial charge in [-0.25, -0.2) is 4.79 Å². The van der Waals surface area contributed by atoms with Crippen LogP contribution in [-0.2, 0) is 4.74 Å². The first-order valence-electron chi connectivity index (χ1n) is 8.08. The van der Waals surface area contributed by atoms with Crippen LogP contribution in [0.1, 0.15) is 34.6 Å². The second-order valence-corrected chi connectivity index (χ2v) is 6.18. The standard InChI is InChI=1S/C19H24O5/c1-6-21-16-12-15(23-18(20)24-19(3,4)5)13-10-8-9-11-14(13)17(16)22-7-2/h8-12H,6-7H2,1-5H3. The molecule has 0 aliphatic carbocycles. The summed E-state index contributed by atoms with van der Waals surface area (Å²) < 4.78 is 22.1. The van der Waals surface area contributed by atoms with Crippen molar-refractivity contribution < 1.29 is 23.7 Å². The molecule has 0 radical (unpaired) electrons. The number of ether oxygens (including phenoxy) is 4. The van der Waals surface area contributed by atoms with Crippen molar-refractivity contribution in [3.63, 3.8) is 0 Å². The molecule has 0 N–H and O–H groups in total. The van der Waals surface area contributed by atoms with Crippen LogP contribution in [0.2, 0.25) is 0 Å². The first-order valence-corrected chi connectivity index (χ1v) is 8.08. The molecule has 0 bridgehead atoms. The van der Waals surface area contributed by atoms with E-state index in [9.17, 15) is 4.79 Å². The minimum atomic E-state index is -0.751. The summed E-state index contributed by atoms with van der Waals surface area (Å²) in [6.45, 7) is 10.2. The highest BCUT2D eigenvalue weighted by Gasteiger charge is 2.21. The summed E-state index contributed by atoms with van der Waals surface area (Å²) in [7, 11) is 0. The average molecular weight is 332 g/mol. The van der Waals surface area contributed by atoms with Gasteiger partial charge in [-0.1, -0.05) is 24.3 Å². The number of rotatable bonds is 5. The largest absolute Gasteiger partial charge is 0.514 e. The van der Waals surface area contributed by atoms with E-state index in [1.54, 1.807) is 26.8 Å². The van der Waals surface area contributed by atoms with Crippen molar-refractivity contribution in [3.05, 3.63) is 30.3 Å². The summed E-state index contributed by atoms with van der Waals surface area (Å²) in [5.74, 6) is 1.56. The predicted molar refractivity (Wildman–Crippen MR) is 93.1 cm³/mol. The third kappa shape index (κ3) is 4.31. The number of hydrogen-bond donors (Lipinski definition) is 0. The maximum absolute atomic E-state index is 12.0. The molecule has 0 amide bonds. The monoisotopic (exact) mass is 332 g/mol. The molecule has 0 saturated carbocycles. The van der Waals surface area contributed by atoms with Crippen molar-refractivity contribution in [1.29, 1.82) is 0 Å². The van der Waals surface area contributed by atoms with E-state index >= 15 is 0 Å². The summed E-state index contributed by atoms with van der Waals surface area (Å²) in [5, 5.41) is 1.58. The molecule has 0 aliphatic heterocycles. The lowest BCUT2D eigenvalue weighted by Crippen LogP contribution is -2.26. The zero-order valence-electron chi connectivity index (χ0n) is 14.8. The van der Waals surface area contributed by atoms with Crippen LogP contribution in [-0.4, -0.2) is 25.0 Å². The van der Waals surface area contributed by atoms with Crippen LogP contribution < -0.4 is 14.2 Å². The van der Waals surface area contributed by atoms with Gasteiger partial charge in [-0.15, -0.1) is 0 Å². The fraction of sp³-hybridized carbons (Fsp3) is 0.421. The van der Waals surface area contributed by atoms with Gasteiger partial charge in [0.2, 0.25) is 0 Å². The van der Waals surface area contributed by atoms with Gasteiger partial charge >= 0.3 is 6.16 Å². The minimum Gasteiger partial charge on any atom is -0.490 e. The summed E-state index contributed by atoms with van der Waals surface area (Å²) in [6.07, 6.45) is -0.751. The molecule has 0 aromatic heterocycles. The molecule has 2 aromatic carbocycles. The van der Waals surface area contributed by atoms with Crippen molar-refractivity contribution in [2.75, 3.05) is 13.2 Å². The normalized spacial score (nSPS) is 11.2. The molecule has 0 spiro atoms. The molecular formula is C19H24O5. The van der Waals surface area contributed by atoms with Gasteiger partial charge < -0.3 is 18.9 Å². The van der Waals surface area contributed by atoms with E-state index in [1.807, 2.05) is 38.1 Å². The number of hydrogen-bond acceptors (Lipinski definition) is 5. The van der Waals surface area contributed by atoms with Crippen LogP contribution in [0.4, 0.5) is 4.79 Å². The van der Waals surface area contributed by atoms with Crippen LogP contribution in [0, 0.1) is 0 Å². The minimum absolute atomic E-state index is 0.381. The van der Waals surface area contributed by atoms with Gasteiger partial charge in [-0.05, 0) is 34.6 Å². The molecule has 2 rings (SSSR count). The zero-order chi connectivity index (χ0) is 17.7. The van der Waals surface area contributed by atoms with E-state index in [2.05, 4.69) is 0 Å². The van der Waals surface area contributed by atoms with Gasteiger partial charge in [0.1, 0.15) is 11.4 Å². The number of carbonyl (C=O) groups is 1. The number of benzene rings is 2. The van der Waals surface area contributed by atoms with Crippen molar-refractivity contribution in [2.45, 2.75) is 40.2 Å². The highest BCUT2D eigenvalue weighted by Crippen LogP contribution is 2.41. The summed E-state index contributed by atoms with van der Waals surface area (Å²) in [4.78, 5) is 12.0. The first kappa shape index (κ1) is 17.9. The number of carbonyl (C=O) groups excluding carboxylic acids is 1. The molecule has 0 atom stereocenters. The second kappa shape index (κ2) is 7.43. The maximum atomic E-state index is 12.0. The summed E-state index contributed by atoms with van der Waals surface area (Å²) in [6, 6.07) is 9.22. The molecule has 2 aromatic rings. The second-order valence-electron chi connectivity index (χ2n) is 6.18. The van der Waals surface area contributed by atoms with Crippen molar-refractivity contribution >= 4 is 16.9 Å². The summed E-state index contributed by atoms with van der Waals surface area (Å²) in [5.41, 5.74) is -0.624. The highest BCUT2D eigenvalue weighted by molar-refractivity contribution is 5.96. The lowest BCUT2D eigenvalue weighted by Gasteiger charge is -2.20. The Morgan fingerprint density at radius 1 is 0.958 bits per heavy atom. The Morgan fingerprint density at radius 2 is 1.58 bits per heavy atom. The molecule has 0 aliphatic rings. The molecule has 0 fully saturated rings. The predicted octanol–water partition coefficient (Wildman–Crippen LogP) is 4.95. The average Bonchev–Trinajstić information content (AvgIpc) is 2.49. The van der Waals surface area contributed by atoms with E-state index < -0.39 is 11.8 Å². The lowest BCUT2D eigenvalue weighted by molar-refractivity contribution is 0.0209. The molecule has 5 nitrogen and oxygen atoms in total. The van der Waals surface area contributed by atoms with Crippen LogP contribution in [0.5, 0.6) is 17.2 Å². The first-order chi connectivity index (χ1) is 11.4. The van der Waals surface area contributed by atoms with E-state index in [0.717, 1.165) is 10.8 Å². The van der Waals surface area contributed by atoms with E-state index in [4.69, 9.17) is 18.9 Å². The topological polar surface area (TPSA) is 54.0 Å². The van der Waals surface area contributed by atoms with Gasteiger partial charge in [0.05, 0.1) is 13.2 Å². The molecule has 5 heteroatoms. The SMILES string of the molecule is CCOc1cc(OC(=O)OC(C)(C)C)c2ccccc2c1OCC. The highest BCUT2D eigenvalue weighted by atomic mass is 16.7. The molecule has 0 heterocycles. The Bertz CT molecular complexity index is 716. The Labute approximate surface area is 142 Å². The Morgan fingerprint density at radius 3 is 2.17 bits per heavy atom. The third-order valence-electron chi connectivity index (χ3n) is 3.09. The molecule has 0 saturated heterocycles. The molecule has 130 valence electrons. The number of fused-ring (bicyclic) bond motifs is 1. The van der Waals surface area contributed by atoms with Crippen molar-refractivity contribution in [2.24, 2.45) is 0 Å².